The first-order chi connectivity index (χ1) is 13.6. The van der Waals surface area contributed by atoms with Gasteiger partial charge in [-0.1, -0.05) is 0 Å². The Bertz CT molecular complexity index is 837. The monoisotopic (exact) mass is 388 g/mol. The Labute approximate surface area is 162 Å². The lowest BCUT2D eigenvalue weighted by Gasteiger charge is -2.27. The summed E-state index contributed by atoms with van der Waals surface area (Å²) in [4.78, 5) is 26.9. The summed E-state index contributed by atoms with van der Waals surface area (Å²) in [6, 6.07) is 1.81. The molecule has 2 aromatic rings. The number of anilines is 1. The lowest BCUT2D eigenvalue weighted by Crippen LogP contribution is -2.42. The fraction of sp³-hybridized carbons (Fsp3) is 0.556. The van der Waals surface area contributed by atoms with E-state index in [0.717, 1.165) is 24.4 Å². The van der Waals surface area contributed by atoms with Crippen LogP contribution in [0.5, 0.6) is 0 Å². The fourth-order valence-electron chi connectivity index (χ4n) is 3.29. The number of carbonyl (C=O) groups is 1. The SMILES string of the molecule is Cc1nc2c(o1)CCN(C[C@@H](O)CNC(=O)c1cc(NC3COC3)ncn1)C2. The maximum Gasteiger partial charge on any atom is 0.270 e. The van der Waals surface area contributed by atoms with E-state index in [-0.39, 0.29) is 24.2 Å². The molecule has 0 unspecified atom stereocenters. The van der Waals surface area contributed by atoms with Gasteiger partial charge in [0.25, 0.3) is 5.91 Å². The topological polar surface area (TPSA) is 126 Å². The molecule has 10 nitrogen and oxygen atoms in total. The summed E-state index contributed by atoms with van der Waals surface area (Å²) in [5.74, 6) is 1.84. The number of nitrogens with zero attached hydrogens (tertiary/aromatic N) is 4. The van der Waals surface area contributed by atoms with Crippen LogP contribution in [0.25, 0.3) is 0 Å². The van der Waals surface area contributed by atoms with Gasteiger partial charge in [-0.3, -0.25) is 9.69 Å². The summed E-state index contributed by atoms with van der Waals surface area (Å²) in [6.07, 6.45) is 1.43. The van der Waals surface area contributed by atoms with E-state index in [4.69, 9.17) is 9.15 Å². The number of fused-ring (bicyclic) bond motifs is 1. The summed E-state index contributed by atoms with van der Waals surface area (Å²) in [7, 11) is 0. The van der Waals surface area contributed by atoms with E-state index < -0.39 is 6.10 Å². The molecule has 0 spiro atoms. The lowest BCUT2D eigenvalue weighted by atomic mass is 10.1. The number of nitrogens with one attached hydrogen (secondary N) is 2. The number of rotatable bonds is 7. The smallest absolute Gasteiger partial charge is 0.270 e. The summed E-state index contributed by atoms with van der Waals surface area (Å²) >= 11 is 0. The third-order valence-corrected chi connectivity index (χ3v) is 4.77. The Hall–Kier alpha value is -2.56. The van der Waals surface area contributed by atoms with Gasteiger partial charge in [-0.15, -0.1) is 0 Å². The van der Waals surface area contributed by atoms with Crippen LogP contribution in [0.2, 0.25) is 0 Å². The van der Waals surface area contributed by atoms with Crippen molar-refractivity contribution >= 4 is 11.7 Å². The summed E-state index contributed by atoms with van der Waals surface area (Å²) in [5, 5.41) is 16.2. The standard InChI is InChI=1S/C18H24N6O4/c1-11-22-15-7-24(3-2-16(15)28-11)6-13(25)5-19-18(26)14-4-17(21-10-20-14)23-12-8-27-9-12/h4,10,12-13,25H,2-3,5-9H2,1H3,(H,19,26)(H,20,21,23)/t13-/m0/s1. The predicted molar refractivity (Wildman–Crippen MR) is 98.8 cm³/mol. The number of oxazole rings is 1. The van der Waals surface area contributed by atoms with Crippen LogP contribution in [0.4, 0.5) is 5.82 Å². The van der Waals surface area contributed by atoms with Gasteiger partial charge in [0.05, 0.1) is 31.1 Å². The van der Waals surface area contributed by atoms with Gasteiger partial charge < -0.3 is 24.9 Å². The molecule has 1 fully saturated rings. The highest BCUT2D eigenvalue weighted by Gasteiger charge is 2.23. The van der Waals surface area contributed by atoms with E-state index in [1.54, 1.807) is 6.07 Å². The second-order valence-corrected chi connectivity index (χ2v) is 7.12. The van der Waals surface area contributed by atoms with Crippen molar-refractivity contribution in [2.45, 2.75) is 32.0 Å². The highest BCUT2D eigenvalue weighted by Crippen LogP contribution is 2.19. The van der Waals surface area contributed by atoms with Crippen LogP contribution >= 0.6 is 0 Å². The lowest BCUT2D eigenvalue weighted by molar-refractivity contribution is 0.0209. The Morgan fingerprint density at radius 2 is 2.29 bits per heavy atom. The molecule has 0 aromatic carbocycles. The van der Waals surface area contributed by atoms with Crippen molar-refractivity contribution in [3.05, 3.63) is 35.4 Å². The minimum Gasteiger partial charge on any atom is -0.446 e. The molecule has 0 bridgehead atoms. The van der Waals surface area contributed by atoms with Crippen molar-refractivity contribution in [2.24, 2.45) is 0 Å². The van der Waals surface area contributed by atoms with Gasteiger partial charge in [0.15, 0.2) is 5.89 Å². The van der Waals surface area contributed by atoms with E-state index in [1.165, 1.54) is 6.33 Å². The minimum atomic E-state index is -0.690. The molecule has 2 aromatic heterocycles. The Balaban J connectivity index is 1.25. The number of aliphatic hydroxyl groups is 1. The fourth-order valence-corrected chi connectivity index (χ4v) is 3.29. The molecule has 0 saturated carbocycles. The molecule has 0 aliphatic carbocycles. The number of amides is 1. The first-order valence-corrected chi connectivity index (χ1v) is 9.37. The van der Waals surface area contributed by atoms with E-state index in [9.17, 15) is 9.90 Å². The number of aryl methyl sites for hydroxylation is 1. The molecule has 0 radical (unpaired) electrons. The van der Waals surface area contributed by atoms with Crippen molar-refractivity contribution in [1.82, 2.24) is 25.2 Å². The van der Waals surface area contributed by atoms with E-state index in [0.29, 0.717) is 38.0 Å². The first-order valence-electron chi connectivity index (χ1n) is 9.37. The molecular weight excluding hydrogens is 364 g/mol. The van der Waals surface area contributed by atoms with Crippen LogP contribution in [0.15, 0.2) is 16.8 Å². The van der Waals surface area contributed by atoms with Gasteiger partial charge in [-0.25, -0.2) is 15.0 Å². The second-order valence-electron chi connectivity index (χ2n) is 7.12. The largest absolute Gasteiger partial charge is 0.446 e. The van der Waals surface area contributed by atoms with Crippen LogP contribution in [0, 0.1) is 6.92 Å². The normalized spacial score (nSPS) is 18.2. The predicted octanol–water partition coefficient (Wildman–Crippen LogP) is -0.267. The maximum absolute atomic E-state index is 12.3. The molecule has 2 aliphatic heterocycles. The zero-order valence-corrected chi connectivity index (χ0v) is 15.7. The van der Waals surface area contributed by atoms with E-state index in [1.807, 2.05) is 6.92 Å². The highest BCUT2D eigenvalue weighted by atomic mass is 16.5. The molecule has 1 amide bonds. The van der Waals surface area contributed by atoms with Crippen LogP contribution in [0.3, 0.4) is 0 Å². The molecule has 4 rings (SSSR count). The van der Waals surface area contributed by atoms with Gasteiger partial charge in [0.2, 0.25) is 0 Å². The Morgan fingerprint density at radius 3 is 3.07 bits per heavy atom. The third-order valence-electron chi connectivity index (χ3n) is 4.77. The van der Waals surface area contributed by atoms with Crippen LogP contribution in [-0.2, 0) is 17.7 Å². The Morgan fingerprint density at radius 1 is 1.43 bits per heavy atom. The molecule has 150 valence electrons. The van der Waals surface area contributed by atoms with Crippen molar-refractivity contribution < 1.29 is 19.1 Å². The number of aromatic nitrogens is 3. The number of carbonyl (C=O) groups excluding carboxylic acids is 1. The zero-order chi connectivity index (χ0) is 19.5. The van der Waals surface area contributed by atoms with Gasteiger partial charge >= 0.3 is 0 Å². The average Bonchev–Trinajstić information content (AvgIpc) is 3.02. The quantitative estimate of drug-likeness (QED) is 0.588. The van der Waals surface area contributed by atoms with Gasteiger partial charge in [0, 0.05) is 45.6 Å². The first kappa shape index (κ1) is 18.8. The number of aliphatic hydroxyl groups excluding tert-OH is 1. The molecule has 28 heavy (non-hydrogen) atoms. The van der Waals surface area contributed by atoms with E-state index >= 15 is 0 Å². The summed E-state index contributed by atoms with van der Waals surface area (Å²) < 4.78 is 10.7. The number of ether oxygens (including phenoxy) is 1. The molecule has 10 heteroatoms. The van der Waals surface area contributed by atoms with Crippen molar-refractivity contribution in [1.29, 1.82) is 0 Å². The highest BCUT2D eigenvalue weighted by molar-refractivity contribution is 5.92. The average molecular weight is 388 g/mol. The summed E-state index contributed by atoms with van der Waals surface area (Å²) in [6.45, 7) is 5.11. The van der Waals surface area contributed by atoms with Gasteiger partial charge in [-0.05, 0) is 0 Å². The molecule has 1 saturated heterocycles. The zero-order valence-electron chi connectivity index (χ0n) is 15.7. The van der Waals surface area contributed by atoms with E-state index in [2.05, 4.69) is 30.5 Å². The number of hydrogen-bond donors (Lipinski definition) is 3. The third kappa shape index (κ3) is 4.46. The van der Waals surface area contributed by atoms with Crippen LogP contribution < -0.4 is 10.6 Å². The minimum absolute atomic E-state index is 0.142. The maximum atomic E-state index is 12.3. The van der Waals surface area contributed by atoms with Gasteiger partial charge in [-0.2, -0.15) is 0 Å². The van der Waals surface area contributed by atoms with Crippen molar-refractivity contribution in [2.75, 3.05) is 38.2 Å². The molecule has 3 N–H and O–H groups in total. The Kier molecular flexibility index (Phi) is 5.51. The molecule has 1 atom stereocenters. The molecule has 4 heterocycles. The van der Waals surface area contributed by atoms with Crippen LogP contribution in [0.1, 0.15) is 27.8 Å². The van der Waals surface area contributed by atoms with Crippen molar-refractivity contribution in [3.63, 3.8) is 0 Å². The number of hydrogen-bond acceptors (Lipinski definition) is 9. The van der Waals surface area contributed by atoms with Crippen LogP contribution in [-0.4, -0.2) is 75.9 Å². The molecular formula is C18H24N6O4. The number of β-amino-alcohol motifs (C(OH)–C–C–N with tert-alkyl or cyclic N) is 1. The van der Waals surface area contributed by atoms with Crippen molar-refractivity contribution in [3.8, 4) is 0 Å². The summed E-state index contributed by atoms with van der Waals surface area (Å²) in [5.41, 5.74) is 1.18. The molecule has 2 aliphatic rings. The van der Waals surface area contributed by atoms with Gasteiger partial charge in [0.1, 0.15) is 23.6 Å². The second kappa shape index (κ2) is 8.21.